The van der Waals surface area contributed by atoms with Crippen molar-refractivity contribution in [3.8, 4) is 0 Å². The molecule has 1 aliphatic rings. The molecule has 0 spiro atoms. The molecule has 1 aliphatic heterocycles. The van der Waals surface area contributed by atoms with Crippen molar-refractivity contribution in [3.05, 3.63) is 35.9 Å². The summed E-state index contributed by atoms with van der Waals surface area (Å²) >= 11 is 0. The van der Waals surface area contributed by atoms with Crippen LogP contribution in [-0.2, 0) is 0 Å². The summed E-state index contributed by atoms with van der Waals surface area (Å²) in [5, 5.41) is 3.52. The van der Waals surface area contributed by atoms with Gasteiger partial charge in [0.25, 0.3) is 0 Å². The fraction of sp³-hybridized carbons (Fsp3) is 0.455. The van der Waals surface area contributed by atoms with Gasteiger partial charge in [0, 0.05) is 25.7 Å². The van der Waals surface area contributed by atoms with Gasteiger partial charge < -0.3 is 10.2 Å². The molecule has 15 heavy (non-hydrogen) atoms. The summed E-state index contributed by atoms with van der Waals surface area (Å²) in [6.45, 7) is 3.36. The Kier molecular flexibility index (Phi) is 6.94. The first-order valence-corrected chi connectivity index (χ1v) is 4.83. The van der Waals surface area contributed by atoms with Crippen molar-refractivity contribution in [3.63, 3.8) is 0 Å². The van der Waals surface area contributed by atoms with Gasteiger partial charge in [0.15, 0.2) is 0 Å². The lowest BCUT2D eigenvalue weighted by Gasteiger charge is -2.31. The fourth-order valence-corrected chi connectivity index (χ4v) is 1.81. The Hall–Kier alpha value is -0.280. The maximum atomic E-state index is 3.52. The number of halogens is 2. The molecule has 0 aliphatic carbocycles. The molecule has 0 saturated carbocycles. The highest BCUT2D eigenvalue weighted by molar-refractivity contribution is 5.85. The van der Waals surface area contributed by atoms with Gasteiger partial charge in [0.1, 0.15) is 0 Å². The van der Waals surface area contributed by atoms with Crippen LogP contribution in [-0.4, -0.2) is 31.6 Å². The van der Waals surface area contributed by atoms with Gasteiger partial charge in [-0.05, 0) is 12.6 Å². The lowest BCUT2D eigenvalue weighted by Crippen LogP contribution is -2.43. The maximum absolute atomic E-state index is 3.52. The van der Waals surface area contributed by atoms with Gasteiger partial charge >= 0.3 is 0 Å². The second-order valence-electron chi connectivity index (χ2n) is 3.68. The van der Waals surface area contributed by atoms with Crippen LogP contribution in [0.4, 0.5) is 0 Å². The monoisotopic (exact) mass is 248 g/mol. The van der Waals surface area contributed by atoms with Gasteiger partial charge in [-0.3, -0.25) is 0 Å². The second kappa shape index (κ2) is 7.07. The van der Waals surface area contributed by atoms with E-state index in [-0.39, 0.29) is 24.8 Å². The molecular weight excluding hydrogens is 231 g/mol. The smallest absolute Gasteiger partial charge is 0.0449 e. The average Bonchev–Trinajstić information content (AvgIpc) is 2.19. The van der Waals surface area contributed by atoms with E-state index < -0.39 is 0 Å². The van der Waals surface area contributed by atoms with Crippen LogP contribution in [0.5, 0.6) is 0 Å². The van der Waals surface area contributed by atoms with Crippen molar-refractivity contribution in [1.29, 1.82) is 0 Å². The molecule has 1 saturated heterocycles. The van der Waals surface area contributed by atoms with Crippen molar-refractivity contribution in [2.45, 2.75) is 6.04 Å². The van der Waals surface area contributed by atoms with Gasteiger partial charge in [0.2, 0.25) is 0 Å². The summed E-state index contributed by atoms with van der Waals surface area (Å²) in [4.78, 5) is 2.37. The van der Waals surface area contributed by atoms with Gasteiger partial charge in [-0.2, -0.15) is 0 Å². The van der Waals surface area contributed by atoms with Crippen molar-refractivity contribution in [2.75, 3.05) is 26.7 Å². The highest BCUT2D eigenvalue weighted by Gasteiger charge is 2.16. The van der Waals surface area contributed by atoms with Crippen LogP contribution in [0.3, 0.4) is 0 Å². The number of nitrogens with zero attached hydrogens (tertiary/aromatic N) is 1. The highest BCUT2D eigenvalue weighted by atomic mass is 35.5. The molecule has 0 radical (unpaired) electrons. The summed E-state index contributed by atoms with van der Waals surface area (Å²) in [6, 6.07) is 11.2. The molecule has 4 heteroatoms. The predicted octanol–water partition coefficient (Wildman–Crippen LogP) is 2.11. The normalized spacial score (nSPS) is 21.3. The van der Waals surface area contributed by atoms with E-state index in [1.165, 1.54) is 5.56 Å². The minimum Gasteiger partial charge on any atom is -0.308 e. The van der Waals surface area contributed by atoms with Gasteiger partial charge in [-0.25, -0.2) is 0 Å². The quantitative estimate of drug-likeness (QED) is 0.820. The Morgan fingerprint density at radius 3 is 2.47 bits per heavy atom. The first-order valence-electron chi connectivity index (χ1n) is 4.83. The van der Waals surface area contributed by atoms with Crippen molar-refractivity contribution in [1.82, 2.24) is 10.2 Å². The van der Waals surface area contributed by atoms with E-state index in [1.807, 2.05) is 0 Å². The fourth-order valence-electron chi connectivity index (χ4n) is 1.81. The Labute approximate surface area is 104 Å². The number of hydrogen-bond donors (Lipinski definition) is 1. The molecule has 86 valence electrons. The minimum absolute atomic E-state index is 0. The molecule has 0 amide bonds. The van der Waals surface area contributed by atoms with Crippen molar-refractivity contribution >= 4 is 24.8 Å². The molecular formula is C11H18Cl2N2. The molecule has 1 fully saturated rings. The highest BCUT2D eigenvalue weighted by Crippen LogP contribution is 2.15. The van der Waals surface area contributed by atoms with Crippen LogP contribution in [0.25, 0.3) is 0 Å². The lowest BCUT2D eigenvalue weighted by molar-refractivity contribution is 0.241. The number of likely N-dealkylation sites (N-methyl/N-ethyl adjacent to an activating group) is 1. The number of piperazine rings is 1. The van der Waals surface area contributed by atoms with Gasteiger partial charge in [-0.15, -0.1) is 24.8 Å². The Bertz CT molecular complexity index is 267. The van der Waals surface area contributed by atoms with Crippen molar-refractivity contribution in [2.24, 2.45) is 0 Å². The summed E-state index contributed by atoms with van der Waals surface area (Å²) in [6.07, 6.45) is 0. The largest absolute Gasteiger partial charge is 0.308 e. The molecule has 2 rings (SSSR count). The minimum atomic E-state index is 0. The molecule has 1 aromatic rings. The van der Waals surface area contributed by atoms with Crippen LogP contribution in [0.1, 0.15) is 11.6 Å². The zero-order valence-electron chi connectivity index (χ0n) is 8.85. The lowest BCUT2D eigenvalue weighted by atomic mass is 10.1. The zero-order chi connectivity index (χ0) is 9.10. The Balaban J connectivity index is 0.000000980. The van der Waals surface area contributed by atoms with Gasteiger partial charge in [0.05, 0.1) is 0 Å². The van der Waals surface area contributed by atoms with Crippen LogP contribution in [0, 0.1) is 0 Å². The van der Waals surface area contributed by atoms with E-state index in [4.69, 9.17) is 0 Å². The maximum Gasteiger partial charge on any atom is 0.0449 e. The average molecular weight is 249 g/mol. The summed E-state index contributed by atoms with van der Waals surface area (Å²) in [5.74, 6) is 0. The second-order valence-corrected chi connectivity index (χ2v) is 3.68. The number of hydrogen-bond acceptors (Lipinski definition) is 2. The van der Waals surface area contributed by atoms with E-state index in [2.05, 4.69) is 47.6 Å². The summed E-state index contributed by atoms with van der Waals surface area (Å²) in [5.41, 5.74) is 1.40. The summed E-state index contributed by atoms with van der Waals surface area (Å²) < 4.78 is 0. The van der Waals surface area contributed by atoms with Crippen LogP contribution in [0.15, 0.2) is 30.3 Å². The first-order chi connectivity index (χ1) is 6.36. The Morgan fingerprint density at radius 2 is 1.87 bits per heavy atom. The molecule has 0 unspecified atom stereocenters. The summed E-state index contributed by atoms with van der Waals surface area (Å²) in [7, 11) is 2.18. The van der Waals surface area contributed by atoms with Crippen LogP contribution in [0.2, 0.25) is 0 Å². The third kappa shape index (κ3) is 3.99. The molecule has 1 N–H and O–H groups in total. The molecule has 1 aromatic carbocycles. The topological polar surface area (TPSA) is 15.3 Å². The van der Waals surface area contributed by atoms with Crippen LogP contribution < -0.4 is 5.32 Å². The van der Waals surface area contributed by atoms with E-state index in [0.29, 0.717) is 6.04 Å². The van der Waals surface area contributed by atoms with E-state index in [9.17, 15) is 0 Å². The number of benzene rings is 1. The predicted molar refractivity (Wildman–Crippen MR) is 69.2 cm³/mol. The molecule has 2 nitrogen and oxygen atoms in total. The van der Waals surface area contributed by atoms with E-state index >= 15 is 0 Å². The third-order valence-electron chi connectivity index (χ3n) is 2.58. The standard InChI is InChI=1S/C11H16N2.2ClH/c1-13-8-7-12-11(9-13)10-5-3-2-4-6-10;;/h2-6,11-12H,7-9H2,1H3;2*1H/t11-;;/m0../s1. The zero-order valence-corrected chi connectivity index (χ0v) is 10.5. The van der Waals surface area contributed by atoms with E-state index in [0.717, 1.165) is 19.6 Å². The number of rotatable bonds is 1. The third-order valence-corrected chi connectivity index (χ3v) is 2.58. The molecule has 1 heterocycles. The number of nitrogens with one attached hydrogen (secondary N) is 1. The molecule has 0 aromatic heterocycles. The SMILES string of the molecule is CN1CCN[C@H](c2ccccc2)C1.Cl.Cl. The molecule has 0 bridgehead atoms. The first kappa shape index (κ1) is 14.7. The van der Waals surface area contributed by atoms with Crippen LogP contribution >= 0.6 is 24.8 Å². The Morgan fingerprint density at radius 1 is 1.20 bits per heavy atom. The van der Waals surface area contributed by atoms with Gasteiger partial charge in [-0.1, -0.05) is 30.3 Å². The van der Waals surface area contributed by atoms with E-state index in [1.54, 1.807) is 0 Å². The van der Waals surface area contributed by atoms with Crippen molar-refractivity contribution < 1.29 is 0 Å². The molecule has 1 atom stereocenters.